The lowest BCUT2D eigenvalue weighted by Crippen LogP contribution is -2.12. The molecule has 0 heterocycles. The SMILES string of the molecule is Cc1cc(C(N)=O)ccc1NC(C)c1cc(Cl)ccc1Cl. The van der Waals surface area contributed by atoms with Gasteiger partial charge in [0.05, 0.1) is 6.04 Å². The first-order valence-corrected chi connectivity index (χ1v) is 7.26. The molecular formula is C16H16Cl2N2O. The number of aryl methyl sites for hydroxylation is 1. The highest BCUT2D eigenvalue weighted by atomic mass is 35.5. The summed E-state index contributed by atoms with van der Waals surface area (Å²) in [6.07, 6.45) is 0. The Hall–Kier alpha value is -1.71. The fraction of sp³-hybridized carbons (Fsp3) is 0.188. The zero-order chi connectivity index (χ0) is 15.6. The van der Waals surface area contributed by atoms with Gasteiger partial charge in [0.2, 0.25) is 5.91 Å². The minimum absolute atomic E-state index is 0.0191. The molecule has 3 nitrogen and oxygen atoms in total. The molecule has 3 N–H and O–H groups in total. The van der Waals surface area contributed by atoms with E-state index in [0.717, 1.165) is 16.8 Å². The van der Waals surface area contributed by atoms with Crippen molar-refractivity contribution in [2.75, 3.05) is 5.32 Å². The summed E-state index contributed by atoms with van der Waals surface area (Å²) < 4.78 is 0. The normalized spacial score (nSPS) is 12.0. The molecule has 0 aliphatic rings. The van der Waals surface area contributed by atoms with Crippen LogP contribution in [0, 0.1) is 6.92 Å². The summed E-state index contributed by atoms with van der Waals surface area (Å²) in [5.41, 5.74) is 8.54. The molecule has 2 rings (SSSR count). The molecule has 0 aliphatic heterocycles. The summed E-state index contributed by atoms with van der Waals surface area (Å²) in [7, 11) is 0. The number of primary amides is 1. The Bertz CT molecular complexity index is 686. The topological polar surface area (TPSA) is 55.1 Å². The second-order valence-corrected chi connectivity index (χ2v) is 5.77. The zero-order valence-electron chi connectivity index (χ0n) is 11.8. The van der Waals surface area contributed by atoms with Crippen molar-refractivity contribution in [1.29, 1.82) is 0 Å². The Labute approximate surface area is 134 Å². The van der Waals surface area contributed by atoms with Crippen LogP contribution in [0.5, 0.6) is 0 Å². The van der Waals surface area contributed by atoms with Gasteiger partial charge in [0, 0.05) is 21.3 Å². The molecule has 5 heteroatoms. The number of nitrogens with one attached hydrogen (secondary N) is 1. The molecule has 110 valence electrons. The average Bonchev–Trinajstić information content (AvgIpc) is 2.43. The maximum absolute atomic E-state index is 11.2. The molecule has 0 aromatic heterocycles. The summed E-state index contributed by atoms with van der Waals surface area (Å²) in [5.74, 6) is -0.435. The third-order valence-electron chi connectivity index (χ3n) is 3.31. The van der Waals surface area contributed by atoms with Crippen LogP contribution < -0.4 is 11.1 Å². The van der Waals surface area contributed by atoms with Gasteiger partial charge in [-0.05, 0) is 61.4 Å². The molecule has 0 bridgehead atoms. The number of rotatable bonds is 4. The largest absolute Gasteiger partial charge is 0.378 e. The summed E-state index contributed by atoms with van der Waals surface area (Å²) in [6, 6.07) is 10.7. The molecule has 0 aliphatic carbocycles. The maximum atomic E-state index is 11.2. The van der Waals surface area contributed by atoms with Crippen molar-refractivity contribution >= 4 is 34.8 Å². The van der Waals surface area contributed by atoms with E-state index >= 15 is 0 Å². The molecule has 21 heavy (non-hydrogen) atoms. The Morgan fingerprint density at radius 2 is 1.90 bits per heavy atom. The molecule has 1 amide bonds. The number of amides is 1. The Morgan fingerprint density at radius 3 is 2.52 bits per heavy atom. The summed E-state index contributed by atoms with van der Waals surface area (Å²) in [4.78, 5) is 11.2. The smallest absolute Gasteiger partial charge is 0.248 e. The van der Waals surface area contributed by atoms with Gasteiger partial charge in [-0.1, -0.05) is 23.2 Å². The van der Waals surface area contributed by atoms with Gasteiger partial charge in [0.25, 0.3) is 0 Å². The van der Waals surface area contributed by atoms with Gasteiger partial charge in [-0.25, -0.2) is 0 Å². The Kier molecular flexibility index (Phi) is 4.76. The first-order valence-electron chi connectivity index (χ1n) is 6.50. The molecule has 0 saturated heterocycles. The number of carbonyl (C=O) groups excluding carboxylic acids is 1. The van der Waals surface area contributed by atoms with Gasteiger partial charge in [-0.3, -0.25) is 4.79 Å². The zero-order valence-corrected chi connectivity index (χ0v) is 13.3. The van der Waals surface area contributed by atoms with Crippen molar-refractivity contribution in [2.24, 2.45) is 5.73 Å². The van der Waals surface area contributed by atoms with E-state index in [1.807, 2.05) is 26.0 Å². The van der Waals surface area contributed by atoms with E-state index in [1.54, 1.807) is 24.3 Å². The molecule has 0 fully saturated rings. The predicted molar refractivity (Wildman–Crippen MR) is 88.2 cm³/mol. The quantitative estimate of drug-likeness (QED) is 0.866. The summed E-state index contributed by atoms with van der Waals surface area (Å²) in [5, 5.41) is 4.67. The minimum Gasteiger partial charge on any atom is -0.378 e. The van der Waals surface area contributed by atoms with Crippen LogP contribution in [0.1, 0.15) is 34.5 Å². The molecule has 1 atom stereocenters. The number of nitrogens with two attached hydrogens (primary N) is 1. The van der Waals surface area contributed by atoms with Gasteiger partial charge in [0.1, 0.15) is 0 Å². The van der Waals surface area contributed by atoms with Gasteiger partial charge in [0.15, 0.2) is 0 Å². The summed E-state index contributed by atoms with van der Waals surface area (Å²) >= 11 is 12.2. The number of carbonyl (C=O) groups is 1. The highest BCUT2D eigenvalue weighted by Crippen LogP contribution is 2.29. The van der Waals surface area contributed by atoms with Gasteiger partial charge >= 0.3 is 0 Å². The average molecular weight is 323 g/mol. The molecule has 0 radical (unpaired) electrons. The van der Waals surface area contributed by atoms with Gasteiger partial charge in [-0.2, -0.15) is 0 Å². The molecule has 2 aromatic rings. The van der Waals surface area contributed by atoms with E-state index in [0.29, 0.717) is 15.6 Å². The fourth-order valence-electron chi connectivity index (χ4n) is 2.14. The Morgan fingerprint density at radius 1 is 1.19 bits per heavy atom. The van der Waals surface area contributed by atoms with Crippen molar-refractivity contribution in [3.8, 4) is 0 Å². The fourth-order valence-corrected chi connectivity index (χ4v) is 2.60. The lowest BCUT2D eigenvalue weighted by atomic mass is 10.1. The Balaban J connectivity index is 2.25. The van der Waals surface area contributed by atoms with Crippen molar-refractivity contribution < 1.29 is 4.79 Å². The third-order valence-corrected chi connectivity index (χ3v) is 3.89. The van der Waals surface area contributed by atoms with Crippen LogP contribution >= 0.6 is 23.2 Å². The van der Waals surface area contributed by atoms with Crippen LogP contribution in [0.3, 0.4) is 0 Å². The molecule has 0 saturated carbocycles. The standard InChI is InChI=1S/C16H16Cl2N2O/c1-9-7-11(16(19)21)3-6-15(9)20-10(2)13-8-12(17)4-5-14(13)18/h3-8,10,20H,1-2H3,(H2,19,21). The van der Waals surface area contributed by atoms with Crippen LogP contribution in [-0.4, -0.2) is 5.91 Å². The third kappa shape index (κ3) is 3.69. The summed E-state index contributed by atoms with van der Waals surface area (Å²) in [6.45, 7) is 3.92. The van der Waals surface area contributed by atoms with Crippen molar-refractivity contribution in [3.63, 3.8) is 0 Å². The lowest BCUT2D eigenvalue weighted by molar-refractivity contribution is 0.1000. The van der Waals surface area contributed by atoms with Crippen LogP contribution in [0.4, 0.5) is 5.69 Å². The second kappa shape index (κ2) is 6.37. The lowest BCUT2D eigenvalue weighted by Gasteiger charge is -2.19. The van der Waals surface area contributed by atoms with E-state index in [4.69, 9.17) is 28.9 Å². The van der Waals surface area contributed by atoms with Crippen LogP contribution in [0.2, 0.25) is 10.0 Å². The van der Waals surface area contributed by atoms with Crippen molar-refractivity contribution in [1.82, 2.24) is 0 Å². The van der Waals surface area contributed by atoms with E-state index < -0.39 is 5.91 Å². The number of anilines is 1. The first kappa shape index (κ1) is 15.7. The van der Waals surface area contributed by atoms with E-state index in [2.05, 4.69) is 5.32 Å². The van der Waals surface area contributed by atoms with Crippen LogP contribution in [-0.2, 0) is 0 Å². The maximum Gasteiger partial charge on any atom is 0.248 e. The molecule has 1 unspecified atom stereocenters. The van der Waals surface area contributed by atoms with Crippen molar-refractivity contribution in [2.45, 2.75) is 19.9 Å². The first-order chi connectivity index (χ1) is 9.88. The van der Waals surface area contributed by atoms with Crippen LogP contribution in [0.15, 0.2) is 36.4 Å². The predicted octanol–water partition coefficient (Wildman–Crippen LogP) is 4.57. The van der Waals surface area contributed by atoms with Crippen LogP contribution in [0.25, 0.3) is 0 Å². The minimum atomic E-state index is -0.435. The highest BCUT2D eigenvalue weighted by molar-refractivity contribution is 6.33. The highest BCUT2D eigenvalue weighted by Gasteiger charge is 2.12. The van der Waals surface area contributed by atoms with Crippen molar-refractivity contribution in [3.05, 3.63) is 63.1 Å². The molecular weight excluding hydrogens is 307 g/mol. The monoisotopic (exact) mass is 322 g/mol. The molecule has 2 aromatic carbocycles. The molecule has 0 spiro atoms. The van der Waals surface area contributed by atoms with Gasteiger partial charge in [-0.15, -0.1) is 0 Å². The number of benzene rings is 2. The second-order valence-electron chi connectivity index (χ2n) is 4.93. The number of hydrogen-bond acceptors (Lipinski definition) is 2. The van der Waals surface area contributed by atoms with Gasteiger partial charge < -0.3 is 11.1 Å². The van der Waals surface area contributed by atoms with E-state index in [-0.39, 0.29) is 6.04 Å². The number of halogens is 2. The number of hydrogen-bond donors (Lipinski definition) is 2. The van der Waals surface area contributed by atoms with E-state index in [1.165, 1.54) is 0 Å². The van der Waals surface area contributed by atoms with E-state index in [9.17, 15) is 4.79 Å².